The van der Waals surface area contributed by atoms with Crippen LogP contribution in [0.2, 0.25) is 0 Å². The van der Waals surface area contributed by atoms with Gasteiger partial charge < -0.3 is 0 Å². The highest BCUT2D eigenvalue weighted by atomic mass is 19.4. The highest BCUT2D eigenvalue weighted by molar-refractivity contribution is 6.11. The van der Waals surface area contributed by atoms with Gasteiger partial charge in [-0.15, -0.1) is 0 Å². The van der Waals surface area contributed by atoms with Crippen LogP contribution < -0.4 is 0 Å². The highest BCUT2D eigenvalue weighted by Crippen LogP contribution is 2.41. The molecule has 1 aromatic heterocycles. The molecule has 1 aliphatic carbocycles. The molecule has 0 unspecified atom stereocenters. The number of pyridine rings is 1. The smallest absolute Gasteiger partial charge is 0.294 e. The van der Waals surface area contributed by atoms with Crippen LogP contribution in [0, 0.1) is 5.92 Å². The van der Waals surface area contributed by atoms with Crippen LogP contribution in [0.3, 0.4) is 0 Å². The van der Waals surface area contributed by atoms with Crippen molar-refractivity contribution in [3.63, 3.8) is 0 Å². The van der Waals surface area contributed by atoms with Crippen LogP contribution in [0.25, 0.3) is 22.0 Å². The quantitative estimate of drug-likeness (QED) is 0.588. The first-order valence-corrected chi connectivity index (χ1v) is 8.05. The van der Waals surface area contributed by atoms with Gasteiger partial charge in [0.1, 0.15) is 0 Å². The average molecular weight is 341 g/mol. The van der Waals surface area contributed by atoms with Crippen LogP contribution in [-0.2, 0) is 6.18 Å². The molecule has 0 N–H and O–H groups in total. The van der Waals surface area contributed by atoms with Crippen molar-refractivity contribution < 1.29 is 18.0 Å². The number of carbonyl (C=O) groups excluding carboxylic acids is 1. The number of halogens is 3. The van der Waals surface area contributed by atoms with E-state index in [1.807, 2.05) is 6.07 Å². The van der Waals surface area contributed by atoms with Crippen molar-refractivity contribution in [2.75, 3.05) is 0 Å². The van der Waals surface area contributed by atoms with E-state index in [2.05, 4.69) is 4.98 Å². The summed E-state index contributed by atoms with van der Waals surface area (Å²) in [6, 6.07) is 13.0. The Labute approximate surface area is 142 Å². The summed E-state index contributed by atoms with van der Waals surface area (Å²) in [5.41, 5.74) is 0.751. The lowest BCUT2D eigenvalue weighted by molar-refractivity contribution is -0.136. The van der Waals surface area contributed by atoms with E-state index in [1.165, 1.54) is 12.3 Å². The minimum absolute atomic E-state index is 0.0347. The lowest BCUT2D eigenvalue weighted by Crippen LogP contribution is -2.09. The Balaban J connectivity index is 2.05. The number of alkyl halides is 3. The first-order valence-electron chi connectivity index (χ1n) is 8.05. The molecule has 1 fully saturated rings. The number of carbonyl (C=O) groups is 1. The largest absolute Gasteiger partial charge is 0.418 e. The molecule has 2 nitrogen and oxygen atoms in total. The van der Waals surface area contributed by atoms with Gasteiger partial charge in [0.25, 0.3) is 0 Å². The zero-order chi connectivity index (χ0) is 17.6. The van der Waals surface area contributed by atoms with Crippen molar-refractivity contribution in [1.82, 2.24) is 4.98 Å². The zero-order valence-corrected chi connectivity index (χ0v) is 13.2. The fraction of sp³-hybridized carbons (Fsp3) is 0.200. The first kappa shape index (κ1) is 15.8. The van der Waals surface area contributed by atoms with E-state index < -0.39 is 11.7 Å². The summed E-state index contributed by atoms with van der Waals surface area (Å²) in [4.78, 5) is 16.7. The van der Waals surface area contributed by atoms with Gasteiger partial charge >= 0.3 is 6.18 Å². The van der Waals surface area contributed by atoms with Crippen molar-refractivity contribution in [1.29, 1.82) is 0 Å². The second-order valence-corrected chi connectivity index (χ2v) is 6.25. The molecule has 0 saturated heterocycles. The second-order valence-electron chi connectivity index (χ2n) is 6.25. The predicted octanol–water partition coefficient (Wildman–Crippen LogP) is 5.51. The minimum Gasteiger partial charge on any atom is -0.294 e. The molecule has 0 radical (unpaired) electrons. The van der Waals surface area contributed by atoms with Gasteiger partial charge in [0.2, 0.25) is 0 Å². The molecular weight excluding hydrogens is 327 g/mol. The van der Waals surface area contributed by atoms with E-state index in [-0.39, 0.29) is 17.2 Å². The summed E-state index contributed by atoms with van der Waals surface area (Å²) in [7, 11) is 0. The third-order valence-corrected chi connectivity index (χ3v) is 4.48. The Morgan fingerprint density at radius 1 is 1.00 bits per heavy atom. The van der Waals surface area contributed by atoms with Gasteiger partial charge in [-0.25, -0.2) is 0 Å². The molecule has 1 aliphatic rings. The molecule has 1 saturated carbocycles. The minimum atomic E-state index is -4.50. The van der Waals surface area contributed by atoms with E-state index in [0.717, 1.165) is 24.5 Å². The molecule has 1 heterocycles. The van der Waals surface area contributed by atoms with Crippen molar-refractivity contribution >= 4 is 16.7 Å². The third kappa shape index (κ3) is 2.80. The van der Waals surface area contributed by atoms with Gasteiger partial charge in [0, 0.05) is 28.6 Å². The molecular formula is C20H14F3NO. The highest BCUT2D eigenvalue weighted by Gasteiger charge is 2.36. The molecule has 0 spiro atoms. The molecule has 0 atom stereocenters. The van der Waals surface area contributed by atoms with Crippen LogP contribution in [0.4, 0.5) is 13.2 Å². The molecule has 0 amide bonds. The Morgan fingerprint density at radius 3 is 2.36 bits per heavy atom. The summed E-state index contributed by atoms with van der Waals surface area (Å²) in [5.74, 6) is -0.0711. The van der Waals surface area contributed by atoms with E-state index >= 15 is 0 Å². The monoisotopic (exact) mass is 341 g/mol. The predicted molar refractivity (Wildman–Crippen MR) is 89.2 cm³/mol. The number of rotatable bonds is 3. The second kappa shape index (κ2) is 5.69. The van der Waals surface area contributed by atoms with Crippen LogP contribution in [0.5, 0.6) is 0 Å². The molecule has 25 heavy (non-hydrogen) atoms. The Bertz CT molecular complexity index is 960. The van der Waals surface area contributed by atoms with Gasteiger partial charge in [-0.2, -0.15) is 13.2 Å². The number of benzene rings is 2. The number of nitrogens with zero attached hydrogens (tertiary/aromatic N) is 1. The third-order valence-electron chi connectivity index (χ3n) is 4.48. The fourth-order valence-corrected chi connectivity index (χ4v) is 3.12. The van der Waals surface area contributed by atoms with Crippen LogP contribution in [0.1, 0.15) is 28.8 Å². The van der Waals surface area contributed by atoms with Crippen LogP contribution in [0.15, 0.2) is 54.7 Å². The molecule has 5 heteroatoms. The standard InChI is InChI=1S/C20H14F3NO/c21-20(22,23)16-8-4-7-14-17(12-5-2-1-3-6-12)15(11-24-18(14)16)19(25)13-9-10-13/h1-8,11,13H,9-10H2. The maximum absolute atomic E-state index is 13.3. The maximum atomic E-state index is 13.3. The Morgan fingerprint density at radius 2 is 1.72 bits per heavy atom. The van der Waals surface area contributed by atoms with Gasteiger partial charge in [-0.1, -0.05) is 42.5 Å². The lowest BCUT2D eigenvalue weighted by atomic mass is 9.92. The van der Waals surface area contributed by atoms with E-state index in [0.29, 0.717) is 16.5 Å². The summed E-state index contributed by atoms with van der Waals surface area (Å²) in [6.45, 7) is 0. The van der Waals surface area contributed by atoms with E-state index in [4.69, 9.17) is 0 Å². The number of hydrogen-bond donors (Lipinski definition) is 0. The molecule has 4 rings (SSSR count). The topological polar surface area (TPSA) is 30.0 Å². The van der Waals surface area contributed by atoms with Crippen molar-refractivity contribution in [2.24, 2.45) is 5.92 Å². The summed E-state index contributed by atoms with van der Waals surface area (Å²) in [6.07, 6.45) is -1.54. The summed E-state index contributed by atoms with van der Waals surface area (Å²) < 4.78 is 40.0. The number of Topliss-reactive ketones (excluding diaryl/α,β-unsaturated/α-hetero) is 1. The Kier molecular flexibility index (Phi) is 3.60. The van der Waals surface area contributed by atoms with Gasteiger partial charge in [-0.05, 0) is 24.5 Å². The van der Waals surface area contributed by atoms with Crippen molar-refractivity contribution in [2.45, 2.75) is 19.0 Å². The first-order chi connectivity index (χ1) is 12.0. The van der Waals surface area contributed by atoms with Crippen LogP contribution >= 0.6 is 0 Å². The molecule has 3 aromatic rings. The SMILES string of the molecule is O=C(c1cnc2c(C(F)(F)F)cccc2c1-c1ccccc1)C1CC1. The summed E-state index contributed by atoms with van der Waals surface area (Å²) >= 11 is 0. The molecule has 2 aromatic carbocycles. The number of ketones is 1. The average Bonchev–Trinajstić information content (AvgIpc) is 3.44. The van der Waals surface area contributed by atoms with Gasteiger partial charge in [0.05, 0.1) is 11.1 Å². The lowest BCUT2D eigenvalue weighted by Gasteiger charge is -2.15. The van der Waals surface area contributed by atoms with Gasteiger partial charge in [0.15, 0.2) is 5.78 Å². The number of fused-ring (bicyclic) bond motifs is 1. The molecule has 126 valence electrons. The molecule has 0 aliphatic heterocycles. The number of para-hydroxylation sites is 1. The van der Waals surface area contributed by atoms with Crippen molar-refractivity contribution in [3.05, 3.63) is 65.9 Å². The van der Waals surface area contributed by atoms with Crippen LogP contribution in [-0.4, -0.2) is 10.8 Å². The number of hydrogen-bond acceptors (Lipinski definition) is 2. The number of aromatic nitrogens is 1. The molecule has 0 bridgehead atoms. The van der Waals surface area contributed by atoms with E-state index in [9.17, 15) is 18.0 Å². The van der Waals surface area contributed by atoms with Crippen molar-refractivity contribution in [3.8, 4) is 11.1 Å². The Hall–Kier alpha value is -2.69. The zero-order valence-electron chi connectivity index (χ0n) is 13.2. The summed E-state index contributed by atoms with van der Waals surface area (Å²) in [5, 5.41) is 0.354. The van der Waals surface area contributed by atoms with E-state index in [1.54, 1.807) is 30.3 Å². The fourth-order valence-electron chi connectivity index (χ4n) is 3.12. The maximum Gasteiger partial charge on any atom is 0.418 e. The normalized spacial score (nSPS) is 14.7. The van der Waals surface area contributed by atoms with Gasteiger partial charge in [-0.3, -0.25) is 9.78 Å².